The molecular formula is C33H28N2O6S. The number of benzene rings is 3. The number of aliphatic hydroxyl groups is 1. The number of thiazole rings is 1. The van der Waals surface area contributed by atoms with Gasteiger partial charge >= 0.3 is 5.91 Å². The number of carbonyl (C=O) groups is 3. The molecule has 2 atom stereocenters. The summed E-state index contributed by atoms with van der Waals surface area (Å²) >= 11 is 1.05. The molecule has 1 saturated heterocycles. The summed E-state index contributed by atoms with van der Waals surface area (Å²) in [7, 11) is 0. The summed E-state index contributed by atoms with van der Waals surface area (Å²) in [5.74, 6) is -0.886. The molecule has 6 rings (SSSR count). The summed E-state index contributed by atoms with van der Waals surface area (Å²) in [6.07, 6.45) is 0.673. The first-order chi connectivity index (χ1) is 20.2. The van der Waals surface area contributed by atoms with Crippen LogP contribution in [0.2, 0.25) is 0 Å². The van der Waals surface area contributed by atoms with E-state index in [-0.39, 0.29) is 28.4 Å². The maximum absolute atomic E-state index is 13.6. The molecule has 0 aliphatic carbocycles. The molecule has 42 heavy (non-hydrogen) atoms. The van der Waals surface area contributed by atoms with Gasteiger partial charge in [-0.25, -0.2) is 4.98 Å². The molecule has 0 unspecified atom stereocenters. The molecule has 0 spiro atoms. The average molecular weight is 581 g/mol. The number of fused-ring (bicyclic) bond motifs is 1. The topological polar surface area (TPSA) is 106 Å². The van der Waals surface area contributed by atoms with E-state index in [1.165, 1.54) is 11.8 Å². The van der Waals surface area contributed by atoms with E-state index in [0.717, 1.165) is 28.2 Å². The zero-order valence-electron chi connectivity index (χ0n) is 23.3. The predicted molar refractivity (Wildman–Crippen MR) is 159 cm³/mol. The largest absolute Gasteiger partial charge is 0.507 e. The van der Waals surface area contributed by atoms with Crippen LogP contribution in [0, 0.1) is 6.92 Å². The third-order valence-corrected chi connectivity index (χ3v) is 8.60. The van der Waals surface area contributed by atoms with Crippen molar-refractivity contribution in [3.05, 3.63) is 111 Å². The van der Waals surface area contributed by atoms with Gasteiger partial charge in [-0.05, 0) is 60.9 Å². The normalized spacial score (nSPS) is 19.1. The average Bonchev–Trinajstić information content (AvgIpc) is 3.64. The number of anilines is 1. The van der Waals surface area contributed by atoms with Gasteiger partial charge in [0.25, 0.3) is 5.78 Å². The van der Waals surface area contributed by atoms with Crippen LogP contribution in [0.3, 0.4) is 0 Å². The molecule has 9 heteroatoms. The predicted octanol–water partition coefficient (Wildman–Crippen LogP) is 6.18. The van der Waals surface area contributed by atoms with Crippen LogP contribution in [0.1, 0.15) is 57.5 Å². The lowest BCUT2D eigenvalue weighted by Gasteiger charge is -2.23. The zero-order chi connectivity index (χ0) is 29.5. The number of hydrogen-bond acceptors (Lipinski definition) is 8. The molecule has 8 nitrogen and oxygen atoms in total. The van der Waals surface area contributed by atoms with Crippen LogP contribution in [-0.4, -0.2) is 33.7 Å². The van der Waals surface area contributed by atoms with Gasteiger partial charge in [0.1, 0.15) is 30.0 Å². The van der Waals surface area contributed by atoms with E-state index in [0.29, 0.717) is 40.5 Å². The van der Waals surface area contributed by atoms with E-state index >= 15 is 0 Å². The number of aliphatic hydroxyl groups excluding tert-OH is 1. The first kappa shape index (κ1) is 27.4. The van der Waals surface area contributed by atoms with E-state index in [9.17, 15) is 19.5 Å². The van der Waals surface area contributed by atoms with Crippen LogP contribution in [0.25, 0.3) is 5.76 Å². The highest BCUT2D eigenvalue weighted by atomic mass is 32.1. The van der Waals surface area contributed by atoms with E-state index in [1.54, 1.807) is 49.4 Å². The molecule has 1 amide bonds. The van der Waals surface area contributed by atoms with Crippen LogP contribution in [0.4, 0.5) is 5.13 Å². The van der Waals surface area contributed by atoms with Gasteiger partial charge in [0.05, 0.1) is 22.2 Å². The molecular weight excluding hydrogens is 552 g/mol. The summed E-state index contributed by atoms with van der Waals surface area (Å²) in [4.78, 5) is 45.6. The number of aryl methyl sites for hydroxylation is 1. The lowest BCUT2D eigenvalue weighted by molar-refractivity contribution is -0.132. The minimum absolute atomic E-state index is 0.00483. The van der Waals surface area contributed by atoms with Gasteiger partial charge in [0.15, 0.2) is 10.9 Å². The van der Waals surface area contributed by atoms with Gasteiger partial charge in [-0.2, -0.15) is 0 Å². The van der Waals surface area contributed by atoms with Crippen molar-refractivity contribution < 1.29 is 29.0 Å². The van der Waals surface area contributed by atoms with E-state index in [1.807, 2.05) is 37.3 Å². The fraction of sp³-hybridized carbons (Fsp3) is 0.212. The highest BCUT2D eigenvalue weighted by Gasteiger charge is 2.48. The second kappa shape index (κ2) is 10.9. The molecule has 1 fully saturated rings. The van der Waals surface area contributed by atoms with Crippen molar-refractivity contribution in [2.75, 3.05) is 4.90 Å². The Labute approximate surface area is 246 Å². The Hall–Kier alpha value is -4.76. The first-order valence-corrected chi connectivity index (χ1v) is 14.4. The van der Waals surface area contributed by atoms with Gasteiger partial charge in [0.2, 0.25) is 0 Å². The number of carbonyl (C=O) groups excluding carboxylic acids is 3. The van der Waals surface area contributed by atoms with Crippen molar-refractivity contribution in [2.45, 2.75) is 45.9 Å². The molecule has 2 aliphatic heterocycles. The van der Waals surface area contributed by atoms with Gasteiger partial charge in [0, 0.05) is 18.9 Å². The number of ether oxygens (including phenoxy) is 2. The number of amides is 1. The van der Waals surface area contributed by atoms with Gasteiger partial charge in [-0.3, -0.25) is 19.3 Å². The summed E-state index contributed by atoms with van der Waals surface area (Å²) in [6.45, 7) is 5.41. The molecule has 212 valence electrons. The monoisotopic (exact) mass is 580 g/mol. The summed E-state index contributed by atoms with van der Waals surface area (Å²) in [5, 5.41) is 11.8. The first-order valence-electron chi connectivity index (χ1n) is 13.6. The Morgan fingerprint density at radius 1 is 1.10 bits per heavy atom. The fourth-order valence-corrected chi connectivity index (χ4v) is 6.39. The smallest absolute Gasteiger partial charge is 0.301 e. The van der Waals surface area contributed by atoms with Crippen LogP contribution < -0.4 is 14.4 Å². The van der Waals surface area contributed by atoms with Crippen LogP contribution >= 0.6 is 11.3 Å². The summed E-state index contributed by atoms with van der Waals surface area (Å²) < 4.78 is 11.8. The van der Waals surface area contributed by atoms with E-state index < -0.39 is 17.7 Å². The van der Waals surface area contributed by atoms with Gasteiger partial charge in [-0.1, -0.05) is 53.8 Å². The van der Waals surface area contributed by atoms with E-state index in [2.05, 4.69) is 4.98 Å². The number of hydrogen-bond donors (Lipinski definition) is 1. The van der Waals surface area contributed by atoms with Crippen LogP contribution in [-0.2, 0) is 22.6 Å². The molecule has 1 N–H and O–H groups in total. The number of aromatic nitrogens is 1. The summed E-state index contributed by atoms with van der Waals surface area (Å²) in [5.41, 5.74) is 3.26. The molecule has 4 aromatic rings. The standard InChI is InChI=1S/C33H28N2O6S/c1-18-14-24-15-23(12-13-26(24)41-18)29(37)27-28(22-10-7-11-25(16-22)40-17-21-8-5-4-6-9-21)35(32(39)30(27)38)33-34-19(2)31(42-33)20(3)36/h4-13,15-16,18,28,37H,14,17H2,1-3H3/b29-27+/t18-,28+/m0/s1. The minimum Gasteiger partial charge on any atom is -0.507 e. The summed E-state index contributed by atoms with van der Waals surface area (Å²) in [6, 6.07) is 21.0. The number of ketones is 2. The van der Waals surface area contributed by atoms with Crippen molar-refractivity contribution in [1.29, 1.82) is 0 Å². The number of nitrogens with zero attached hydrogens (tertiary/aromatic N) is 2. The fourth-order valence-electron chi connectivity index (χ4n) is 5.40. The molecule has 0 saturated carbocycles. The molecule has 0 bridgehead atoms. The molecule has 0 radical (unpaired) electrons. The number of Topliss-reactive ketones (excluding diaryl/α,β-unsaturated/α-hetero) is 2. The maximum Gasteiger partial charge on any atom is 0.301 e. The zero-order valence-corrected chi connectivity index (χ0v) is 24.1. The molecule has 3 aromatic carbocycles. The molecule has 1 aromatic heterocycles. The van der Waals surface area contributed by atoms with Crippen LogP contribution in [0.5, 0.6) is 11.5 Å². The van der Waals surface area contributed by atoms with Crippen LogP contribution in [0.15, 0.2) is 78.4 Å². The van der Waals surface area contributed by atoms with Crippen molar-refractivity contribution in [2.24, 2.45) is 0 Å². The molecule has 3 heterocycles. The quantitative estimate of drug-likeness (QED) is 0.120. The van der Waals surface area contributed by atoms with Gasteiger partial charge in [-0.15, -0.1) is 0 Å². The SMILES string of the molecule is CC(=O)c1sc(N2C(=O)C(=O)/C(=C(/O)c3ccc4c(c3)C[C@H](C)O4)[C@H]2c2cccc(OCc3ccccc3)c2)nc1C. The van der Waals surface area contributed by atoms with Crippen molar-refractivity contribution in [3.63, 3.8) is 0 Å². The number of rotatable bonds is 7. The third kappa shape index (κ3) is 4.96. The lowest BCUT2D eigenvalue weighted by atomic mass is 9.94. The Kier molecular flexibility index (Phi) is 7.12. The maximum atomic E-state index is 13.6. The van der Waals surface area contributed by atoms with Crippen molar-refractivity contribution in [3.8, 4) is 11.5 Å². The van der Waals surface area contributed by atoms with Crippen molar-refractivity contribution >= 4 is 39.7 Å². The second-order valence-electron chi connectivity index (χ2n) is 10.4. The Morgan fingerprint density at radius 3 is 2.62 bits per heavy atom. The second-order valence-corrected chi connectivity index (χ2v) is 11.4. The highest BCUT2D eigenvalue weighted by Crippen LogP contribution is 2.45. The Bertz CT molecular complexity index is 1760. The Balaban J connectivity index is 1.46. The van der Waals surface area contributed by atoms with Gasteiger partial charge < -0.3 is 14.6 Å². The van der Waals surface area contributed by atoms with Crippen molar-refractivity contribution in [1.82, 2.24) is 4.98 Å². The third-order valence-electron chi connectivity index (χ3n) is 7.35. The highest BCUT2D eigenvalue weighted by molar-refractivity contribution is 7.18. The lowest BCUT2D eigenvalue weighted by Crippen LogP contribution is -2.29. The van der Waals surface area contributed by atoms with E-state index in [4.69, 9.17) is 9.47 Å². The minimum atomic E-state index is -1.00. The Morgan fingerprint density at radius 2 is 1.88 bits per heavy atom. The molecule has 2 aliphatic rings.